The van der Waals surface area contributed by atoms with Crippen LogP contribution in [0.4, 0.5) is 18.9 Å². The first kappa shape index (κ1) is 13.7. The normalized spacial score (nSPS) is 11.4. The lowest BCUT2D eigenvalue weighted by Crippen LogP contribution is -2.16. The van der Waals surface area contributed by atoms with Crippen molar-refractivity contribution in [3.63, 3.8) is 0 Å². The smallest absolute Gasteiger partial charge is 0.356 e. The van der Waals surface area contributed by atoms with Gasteiger partial charge in [0.05, 0.1) is 11.3 Å². The van der Waals surface area contributed by atoms with Crippen LogP contribution in [0.25, 0.3) is 0 Å². The van der Waals surface area contributed by atoms with Gasteiger partial charge in [0.25, 0.3) is 5.91 Å². The molecule has 0 radical (unpaired) electrons. The van der Waals surface area contributed by atoms with Gasteiger partial charge >= 0.3 is 6.18 Å². The zero-order valence-electron chi connectivity index (χ0n) is 9.38. The molecule has 0 saturated carbocycles. The number of aromatic amines is 1. The topological polar surface area (TPSA) is 44.9 Å². The lowest BCUT2D eigenvalue weighted by atomic mass is 10.1. The van der Waals surface area contributed by atoms with Crippen molar-refractivity contribution < 1.29 is 18.0 Å². The van der Waals surface area contributed by atoms with E-state index in [1.807, 2.05) is 0 Å². The summed E-state index contributed by atoms with van der Waals surface area (Å²) in [6.45, 7) is 0. The van der Waals surface area contributed by atoms with Crippen LogP contribution in [0, 0.1) is 0 Å². The van der Waals surface area contributed by atoms with Gasteiger partial charge in [0, 0.05) is 10.7 Å². The third-order valence-electron chi connectivity index (χ3n) is 2.37. The Labute approximate surface area is 115 Å². The van der Waals surface area contributed by atoms with Gasteiger partial charge in [-0.05, 0) is 34.1 Å². The van der Waals surface area contributed by atoms with Crippen molar-refractivity contribution in [1.82, 2.24) is 4.98 Å². The van der Waals surface area contributed by atoms with Gasteiger partial charge in [0.2, 0.25) is 0 Å². The minimum Gasteiger partial charge on any atom is -0.356 e. The molecule has 0 atom stereocenters. The first-order valence-electron chi connectivity index (χ1n) is 5.19. The van der Waals surface area contributed by atoms with E-state index < -0.39 is 17.6 Å². The quantitative estimate of drug-likeness (QED) is 0.856. The lowest BCUT2D eigenvalue weighted by Gasteiger charge is -2.12. The van der Waals surface area contributed by atoms with Crippen LogP contribution in [-0.4, -0.2) is 10.9 Å². The molecule has 3 nitrogen and oxygen atoms in total. The van der Waals surface area contributed by atoms with Crippen LogP contribution in [0.2, 0.25) is 0 Å². The molecule has 0 spiro atoms. The number of H-pyrrole nitrogens is 1. The highest BCUT2D eigenvalue weighted by Crippen LogP contribution is 2.34. The number of alkyl halides is 3. The van der Waals surface area contributed by atoms with Gasteiger partial charge in [-0.25, -0.2) is 0 Å². The summed E-state index contributed by atoms with van der Waals surface area (Å²) in [5.41, 5.74) is -0.983. The van der Waals surface area contributed by atoms with Crippen LogP contribution in [-0.2, 0) is 6.18 Å². The summed E-state index contributed by atoms with van der Waals surface area (Å²) in [6, 6.07) is 6.30. The minimum atomic E-state index is -4.51. The average molecular weight is 333 g/mol. The average Bonchev–Trinajstić information content (AvgIpc) is 2.75. The Kier molecular flexibility index (Phi) is 3.66. The van der Waals surface area contributed by atoms with Crippen molar-refractivity contribution in [2.24, 2.45) is 0 Å². The number of carbonyl (C=O) groups is 1. The second-order valence-electron chi connectivity index (χ2n) is 3.73. The molecule has 1 aromatic heterocycles. The van der Waals surface area contributed by atoms with Crippen LogP contribution >= 0.6 is 15.9 Å². The number of anilines is 1. The monoisotopic (exact) mass is 332 g/mol. The number of amides is 1. The molecule has 1 amide bonds. The van der Waals surface area contributed by atoms with Crippen molar-refractivity contribution in [3.05, 3.63) is 52.3 Å². The number of halogens is 4. The van der Waals surface area contributed by atoms with E-state index in [4.69, 9.17) is 0 Å². The molecule has 0 aliphatic heterocycles. The molecule has 7 heteroatoms. The zero-order valence-corrected chi connectivity index (χ0v) is 11.0. The van der Waals surface area contributed by atoms with E-state index in [1.54, 1.807) is 0 Å². The zero-order chi connectivity index (χ0) is 14.0. The fraction of sp³-hybridized carbons (Fsp3) is 0.0833. The Morgan fingerprint density at radius 3 is 2.53 bits per heavy atom. The van der Waals surface area contributed by atoms with Crippen LogP contribution in [0.3, 0.4) is 0 Å². The molecule has 0 bridgehead atoms. The van der Waals surface area contributed by atoms with E-state index in [9.17, 15) is 18.0 Å². The summed E-state index contributed by atoms with van der Waals surface area (Å²) in [5.74, 6) is -0.637. The number of carbonyl (C=O) groups excluding carboxylic acids is 1. The number of nitrogens with one attached hydrogen (secondary N) is 2. The predicted molar refractivity (Wildman–Crippen MR) is 67.9 cm³/mol. The van der Waals surface area contributed by atoms with E-state index >= 15 is 0 Å². The predicted octanol–water partition coefficient (Wildman–Crippen LogP) is 4.05. The Bertz CT molecular complexity index is 607. The number of hydrogen-bond donors (Lipinski definition) is 2. The van der Waals surface area contributed by atoms with E-state index in [-0.39, 0.29) is 11.4 Å². The maximum Gasteiger partial charge on any atom is 0.418 e. The van der Waals surface area contributed by atoms with E-state index in [0.717, 1.165) is 6.07 Å². The first-order valence-corrected chi connectivity index (χ1v) is 5.99. The van der Waals surface area contributed by atoms with Crippen LogP contribution in [0.1, 0.15) is 16.1 Å². The molecule has 2 aromatic rings. The molecular formula is C12H8BrF3N2O. The fourth-order valence-electron chi connectivity index (χ4n) is 1.53. The fourth-order valence-corrected chi connectivity index (χ4v) is 1.87. The molecule has 0 unspecified atom stereocenters. The molecule has 0 saturated heterocycles. The van der Waals surface area contributed by atoms with Gasteiger partial charge in [-0.2, -0.15) is 13.2 Å². The summed E-state index contributed by atoms with van der Waals surface area (Å²) in [4.78, 5) is 14.4. The molecule has 0 aliphatic rings. The van der Waals surface area contributed by atoms with Gasteiger partial charge < -0.3 is 10.3 Å². The maximum absolute atomic E-state index is 12.7. The molecule has 100 valence electrons. The molecule has 0 fully saturated rings. The minimum absolute atomic E-state index is 0.170. The van der Waals surface area contributed by atoms with Crippen LogP contribution < -0.4 is 5.32 Å². The molecule has 19 heavy (non-hydrogen) atoms. The van der Waals surface area contributed by atoms with Crippen molar-refractivity contribution in [2.75, 3.05) is 5.32 Å². The van der Waals surface area contributed by atoms with Crippen molar-refractivity contribution >= 4 is 27.5 Å². The number of para-hydroxylation sites is 1. The van der Waals surface area contributed by atoms with Gasteiger partial charge in [0.1, 0.15) is 5.69 Å². The van der Waals surface area contributed by atoms with E-state index in [1.165, 1.54) is 30.5 Å². The largest absolute Gasteiger partial charge is 0.418 e. The maximum atomic E-state index is 12.7. The molecule has 2 N–H and O–H groups in total. The number of benzene rings is 1. The summed E-state index contributed by atoms with van der Waals surface area (Å²) < 4.78 is 38.9. The van der Waals surface area contributed by atoms with Crippen molar-refractivity contribution in [1.29, 1.82) is 0 Å². The van der Waals surface area contributed by atoms with E-state index in [2.05, 4.69) is 26.2 Å². The third-order valence-corrected chi connectivity index (χ3v) is 2.83. The number of rotatable bonds is 2. The van der Waals surface area contributed by atoms with Crippen LogP contribution in [0.5, 0.6) is 0 Å². The van der Waals surface area contributed by atoms with Crippen molar-refractivity contribution in [2.45, 2.75) is 6.18 Å². The highest BCUT2D eigenvalue weighted by molar-refractivity contribution is 9.10. The Hall–Kier alpha value is -1.76. The summed E-state index contributed by atoms with van der Waals surface area (Å²) in [5, 5.41) is 2.24. The summed E-state index contributed by atoms with van der Waals surface area (Å²) >= 11 is 3.14. The number of hydrogen-bond acceptors (Lipinski definition) is 1. The molecule has 2 rings (SSSR count). The Morgan fingerprint density at radius 2 is 1.95 bits per heavy atom. The summed E-state index contributed by atoms with van der Waals surface area (Å²) in [6.07, 6.45) is -3.00. The second kappa shape index (κ2) is 5.08. The third kappa shape index (κ3) is 3.17. The molecule has 1 aromatic carbocycles. The standard InChI is InChI=1S/C12H8BrF3N2O/c13-7-5-10(17-6-7)11(19)18-9-4-2-1-3-8(9)12(14,15)16/h1-6,17H,(H,18,19). The first-order chi connectivity index (χ1) is 8.88. The van der Waals surface area contributed by atoms with Gasteiger partial charge in [-0.3, -0.25) is 4.79 Å². The Balaban J connectivity index is 2.27. The number of aromatic nitrogens is 1. The molecule has 0 aliphatic carbocycles. The lowest BCUT2D eigenvalue weighted by molar-refractivity contribution is -0.136. The van der Waals surface area contributed by atoms with Gasteiger partial charge in [-0.15, -0.1) is 0 Å². The molecule has 1 heterocycles. The highest BCUT2D eigenvalue weighted by atomic mass is 79.9. The van der Waals surface area contributed by atoms with Gasteiger partial charge in [-0.1, -0.05) is 12.1 Å². The summed E-state index contributed by atoms with van der Waals surface area (Å²) in [7, 11) is 0. The highest BCUT2D eigenvalue weighted by Gasteiger charge is 2.33. The van der Waals surface area contributed by atoms with Crippen molar-refractivity contribution in [3.8, 4) is 0 Å². The van der Waals surface area contributed by atoms with Crippen LogP contribution in [0.15, 0.2) is 41.0 Å². The van der Waals surface area contributed by atoms with E-state index in [0.29, 0.717) is 4.47 Å². The second-order valence-corrected chi connectivity index (χ2v) is 4.64. The van der Waals surface area contributed by atoms with Gasteiger partial charge in [0.15, 0.2) is 0 Å². The SMILES string of the molecule is O=C(Nc1ccccc1C(F)(F)F)c1cc(Br)c[nH]1. The molecular weight excluding hydrogens is 325 g/mol. The Morgan fingerprint density at radius 1 is 1.26 bits per heavy atom.